The summed E-state index contributed by atoms with van der Waals surface area (Å²) in [5, 5.41) is 9.35. The molecule has 0 radical (unpaired) electrons. The number of pyridine rings is 1. The summed E-state index contributed by atoms with van der Waals surface area (Å²) in [6.45, 7) is 5.99. The molecule has 1 aliphatic carbocycles. The maximum atomic E-state index is 11.4. The number of anilines is 1. The molecule has 0 bridgehead atoms. The fraction of sp³-hybridized carbons (Fsp3) is 0.478. The number of carboxylic acid groups (broad SMARTS) is 1. The Labute approximate surface area is 170 Å². The Bertz CT molecular complexity index is 953. The number of nitrogens with zero attached hydrogens (tertiary/aromatic N) is 2. The maximum Gasteiger partial charge on any atom is 0.339 e. The zero-order chi connectivity index (χ0) is 20.2. The van der Waals surface area contributed by atoms with Crippen LogP contribution in [0.25, 0.3) is 11.1 Å². The first-order valence-electron chi connectivity index (χ1n) is 10.4. The molecule has 2 atom stereocenters. The van der Waals surface area contributed by atoms with E-state index in [4.69, 9.17) is 10.5 Å². The van der Waals surface area contributed by atoms with Crippen LogP contribution in [0.15, 0.2) is 30.3 Å². The normalized spacial score (nSPS) is 27.0. The Morgan fingerprint density at radius 3 is 2.69 bits per heavy atom. The molecule has 0 spiro atoms. The van der Waals surface area contributed by atoms with Crippen molar-refractivity contribution in [2.45, 2.75) is 37.6 Å². The number of nitrogen functional groups attached to an aromatic ring is 1. The number of ether oxygens (including phenoxy) is 1. The van der Waals surface area contributed by atoms with Crippen molar-refractivity contribution < 1.29 is 14.6 Å². The smallest absolute Gasteiger partial charge is 0.339 e. The Morgan fingerprint density at radius 2 is 2.00 bits per heavy atom. The number of hydrogen-bond donors (Lipinski definition) is 2. The molecule has 3 fully saturated rings. The van der Waals surface area contributed by atoms with E-state index in [0.717, 1.165) is 55.3 Å². The van der Waals surface area contributed by atoms with E-state index in [0.29, 0.717) is 11.5 Å². The van der Waals surface area contributed by atoms with Crippen LogP contribution in [0.4, 0.5) is 5.82 Å². The first-order valence-corrected chi connectivity index (χ1v) is 10.4. The number of fused-ring (bicyclic) bond motifs is 1. The highest BCUT2D eigenvalue weighted by Gasteiger charge is 2.61. The topological polar surface area (TPSA) is 88.7 Å². The van der Waals surface area contributed by atoms with Gasteiger partial charge in [0.2, 0.25) is 0 Å². The minimum Gasteiger partial charge on any atom is -0.478 e. The van der Waals surface area contributed by atoms with Gasteiger partial charge in [-0.3, -0.25) is 4.90 Å². The van der Waals surface area contributed by atoms with Crippen LogP contribution in [0.2, 0.25) is 0 Å². The maximum absolute atomic E-state index is 11.4. The molecule has 152 valence electrons. The molecular weight excluding hydrogens is 366 g/mol. The highest BCUT2D eigenvalue weighted by Crippen LogP contribution is 2.59. The molecule has 5 rings (SSSR count). The number of aromatic nitrogens is 1. The Kier molecular flexibility index (Phi) is 4.37. The number of aryl methyl sites for hydroxylation is 1. The third-order valence-corrected chi connectivity index (χ3v) is 7.12. The average molecular weight is 393 g/mol. The van der Waals surface area contributed by atoms with Crippen LogP contribution in [0, 0.1) is 12.8 Å². The molecule has 1 aromatic heterocycles. The molecule has 29 heavy (non-hydrogen) atoms. The van der Waals surface area contributed by atoms with Crippen LogP contribution in [-0.4, -0.2) is 53.3 Å². The lowest BCUT2D eigenvalue weighted by atomic mass is 9.92. The molecule has 2 aromatic rings. The number of hydrogen-bond acceptors (Lipinski definition) is 5. The second-order valence-electron chi connectivity index (χ2n) is 8.77. The van der Waals surface area contributed by atoms with E-state index < -0.39 is 5.97 Å². The zero-order valence-electron chi connectivity index (χ0n) is 16.7. The van der Waals surface area contributed by atoms with Gasteiger partial charge in [0.25, 0.3) is 0 Å². The van der Waals surface area contributed by atoms with Gasteiger partial charge in [0.05, 0.1) is 0 Å². The monoisotopic (exact) mass is 393 g/mol. The molecule has 1 saturated carbocycles. The van der Waals surface area contributed by atoms with Gasteiger partial charge in [-0.15, -0.1) is 0 Å². The van der Waals surface area contributed by atoms with Crippen molar-refractivity contribution in [3.63, 3.8) is 0 Å². The molecule has 0 unspecified atom stereocenters. The zero-order valence-corrected chi connectivity index (χ0v) is 16.7. The van der Waals surface area contributed by atoms with Crippen LogP contribution >= 0.6 is 0 Å². The molecule has 3 N–H and O–H groups in total. The summed E-state index contributed by atoms with van der Waals surface area (Å²) < 4.78 is 5.53. The molecule has 3 aliphatic rings. The minimum atomic E-state index is -1.05. The number of piperidine rings is 1. The molecule has 6 heteroatoms. The Morgan fingerprint density at radius 1 is 1.28 bits per heavy atom. The van der Waals surface area contributed by atoms with Crippen molar-refractivity contribution in [2.24, 2.45) is 5.92 Å². The Hall–Kier alpha value is -2.44. The van der Waals surface area contributed by atoms with Gasteiger partial charge in [-0.2, -0.15) is 0 Å². The third kappa shape index (κ3) is 3.11. The van der Waals surface area contributed by atoms with Gasteiger partial charge < -0.3 is 15.6 Å². The summed E-state index contributed by atoms with van der Waals surface area (Å²) in [6.07, 6.45) is 3.58. The van der Waals surface area contributed by atoms with E-state index in [1.165, 1.54) is 18.5 Å². The first kappa shape index (κ1) is 18.6. The predicted octanol–water partition coefficient (Wildman–Crippen LogP) is 3.09. The first-order chi connectivity index (χ1) is 14.0. The van der Waals surface area contributed by atoms with Gasteiger partial charge in [-0.05, 0) is 49.3 Å². The standard InChI is InChI=1S/C23H27N3O3/c1-14-19(10-20(22(27)28)21(24)25-14)15-2-4-16(5-3-15)23-11-17(23)12-26(13-23)18-6-8-29-9-7-18/h2-5,10,17-18H,6-9,11-13H2,1H3,(H2,24,25)(H,27,28)/t17-,23+/m1/s1. The number of likely N-dealkylation sites (tertiary alicyclic amines) is 1. The molecule has 2 saturated heterocycles. The van der Waals surface area contributed by atoms with Crippen molar-refractivity contribution in [2.75, 3.05) is 32.0 Å². The summed E-state index contributed by atoms with van der Waals surface area (Å²) in [4.78, 5) is 18.3. The van der Waals surface area contributed by atoms with Gasteiger partial charge in [0.1, 0.15) is 11.4 Å². The van der Waals surface area contributed by atoms with E-state index in [1.807, 2.05) is 6.92 Å². The second-order valence-corrected chi connectivity index (χ2v) is 8.77. The number of rotatable bonds is 4. The number of benzene rings is 1. The van der Waals surface area contributed by atoms with Crippen LogP contribution in [0.5, 0.6) is 0 Å². The Balaban J connectivity index is 1.38. The van der Waals surface area contributed by atoms with E-state index in [2.05, 4.69) is 34.1 Å². The van der Waals surface area contributed by atoms with Crippen molar-refractivity contribution in [3.05, 3.63) is 47.2 Å². The van der Waals surface area contributed by atoms with Crippen molar-refractivity contribution >= 4 is 11.8 Å². The van der Waals surface area contributed by atoms with Crippen molar-refractivity contribution in [1.82, 2.24) is 9.88 Å². The van der Waals surface area contributed by atoms with Gasteiger partial charge in [0.15, 0.2) is 0 Å². The highest BCUT2D eigenvalue weighted by molar-refractivity contribution is 5.94. The van der Waals surface area contributed by atoms with E-state index in [1.54, 1.807) is 6.07 Å². The summed E-state index contributed by atoms with van der Waals surface area (Å²) in [5.74, 6) is -0.226. The lowest BCUT2D eigenvalue weighted by Gasteiger charge is -2.33. The summed E-state index contributed by atoms with van der Waals surface area (Å²) in [7, 11) is 0. The number of carboxylic acids is 1. The van der Waals surface area contributed by atoms with Gasteiger partial charge in [-0.25, -0.2) is 9.78 Å². The van der Waals surface area contributed by atoms with E-state index in [9.17, 15) is 9.90 Å². The van der Waals surface area contributed by atoms with Crippen LogP contribution < -0.4 is 5.73 Å². The SMILES string of the molecule is Cc1nc(N)c(C(=O)O)cc1-c1ccc([C@@]23C[C@@H]2CN(C2CCOCC2)C3)cc1. The molecule has 1 aromatic carbocycles. The predicted molar refractivity (Wildman–Crippen MR) is 111 cm³/mol. The summed E-state index contributed by atoms with van der Waals surface area (Å²) in [6, 6.07) is 10.9. The summed E-state index contributed by atoms with van der Waals surface area (Å²) in [5.41, 5.74) is 10.1. The van der Waals surface area contributed by atoms with E-state index >= 15 is 0 Å². The molecule has 2 aliphatic heterocycles. The lowest BCUT2D eigenvalue weighted by molar-refractivity contribution is 0.0378. The second kappa shape index (κ2) is 6.82. The highest BCUT2D eigenvalue weighted by atomic mass is 16.5. The van der Waals surface area contributed by atoms with Crippen molar-refractivity contribution in [1.29, 1.82) is 0 Å². The minimum absolute atomic E-state index is 0.0541. The van der Waals surface area contributed by atoms with E-state index in [-0.39, 0.29) is 11.4 Å². The molecular formula is C23H27N3O3. The molecule has 6 nitrogen and oxygen atoms in total. The fourth-order valence-corrected chi connectivity index (χ4v) is 5.37. The quantitative estimate of drug-likeness (QED) is 0.830. The van der Waals surface area contributed by atoms with Crippen LogP contribution in [0.3, 0.4) is 0 Å². The number of carbonyl (C=O) groups is 1. The van der Waals surface area contributed by atoms with Crippen LogP contribution in [0.1, 0.15) is 40.9 Å². The van der Waals surface area contributed by atoms with Crippen LogP contribution in [-0.2, 0) is 10.2 Å². The van der Waals surface area contributed by atoms with Gasteiger partial charge in [-0.1, -0.05) is 24.3 Å². The number of aromatic carboxylic acids is 1. The average Bonchev–Trinajstić information content (AvgIpc) is 3.29. The van der Waals surface area contributed by atoms with Gasteiger partial charge >= 0.3 is 5.97 Å². The van der Waals surface area contributed by atoms with Crippen molar-refractivity contribution in [3.8, 4) is 11.1 Å². The lowest BCUT2D eigenvalue weighted by Crippen LogP contribution is -2.40. The third-order valence-electron chi connectivity index (χ3n) is 7.12. The fourth-order valence-electron chi connectivity index (χ4n) is 5.37. The molecule has 0 amide bonds. The van der Waals surface area contributed by atoms with Gasteiger partial charge in [0, 0.05) is 49.0 Å². The summed E-state index contributed by atoms with van der Waals surface area (Å²) >= 11 is 0. The largest absolute Gasteiger partial charge is 0.478 e. The number of nitrogens with two attached hydrogens (primary N) is 1. The molecule has 3 heterocycles.